The molecule has 0 aliphatic carbocycles. The summed E-state index contributed by atoms with van der Waals surface area (Å²) in [5.41, 5.74) is 0.920. The molecule has 0 fully saturated rings. The molecular formula is C14H17F3N2O6S2. The van der Waals surface area contributed by atoms with Crippen LogP contribution < -0.4 is 5.32 Å². The minimum Gasteiger partial charge on any atom is -0.481 e. The summed E-state index contributed by atoms with van der Waals surface area (Å²) in [5.74, 6) is -2.51. The largest absolute Gasteiger partial charge is 0.490 e. The highest BCUT2D eigenvalue weighted by molar-refractivity contribution is 8.76. The van der Waals surface area contributed by atoms with Gasteiger partial charge in [-0.15, -0.1) is 0 Å². The monoisotopic (exact) mass is 430 g/mol. The Kier molecular flexibility index (Phi) is 12.2. The molecule has 0 spiro atoms. The van der Waals surface area contributed by atoms with Crippen molar-refractivity contribution in [1.29, 1.82) is 0 Å². The third kappa shape index (κ3) is 12.9. The highest BCUT2D eigenvalue weighted by Gasteiger charge is 2.38. The minimum atomic E-state index is -5.08. The summed E-state index contributed by atoms with van der Waals surface area (Å²) in [5, 5.41) is 27.3. The van der Waals surface area contributed by atoms with Gasteiger partial charge in [0, 0.05) is 29.8 Å². The number of aliphatic hydroxyl groups excluding tert-OH is 1. The zero-order valence-corrected chi connectivity index (χ0v) is 15.4. The molecule has 0 aromatic carbocycles. The molecule has 0 atom stereocenters. The fourth-order valence-electron chi connectivity index (χ4n) is 1.26. The molecule has 13 heteroatoms. The first-order chi connectivity index (χ1) is 12.6. The van der Waals surface area contributed by atoms with E-state index in [2.05, 4.69) is 10.3 Å². The van der Waals surface area contributed by atoms with Crippen molar-refractivity contribution in [2.75, 3.05) is 18.1 Å². The van der Waals surface area contributed by atoms with Crippen molar-refractivity contribution in [3.05, 3.63) is 29.6 Å². The number of aliphatic carboxylic acids is 2. The Morgan fingerprint density at radius 2 is 1.74 bits per heavy atom. The summed E-state index contributed by atoms with van der Waals surface area (Å²) in [4.78, 5) is 34.9. The first-order valence-corrected chi connectivity index (χ1v) is 9.67. The van der Waals surface area contributed by atoms with Gasteiger partial charge in [0.25, 0.3) is 5.91 Å². The molecule has 1 aromatic heterocycles. The minimum absolute atomic E-state index is 0.144. The number of hydrogen-bond donors (Lipinski definition) is 4. The van der Waals surface area contributed by atoms with Gasteiger partial charge in [0.15, 0.2) is 0 Å². The summed E-state index contributed by atoms with van der Waals surface area (Å²) >= 11 is 0. The van der Waals surface area contributed by atoms with Gasteiger partial charge in [-0.3, -0.25) is 14.6 Å². The van der Waals surface area contributed by atoms with Crippen LogP contribution in [0.1, 0.15) is 22.5 Å². The number of carbonyl (C=O) groups excluding carboxylic acids is 1. The molecule has 1 rings (SSSR count). The maximum Gasteiger partial charge on any atom is 0.490 e. The van der Waals surface area contributed by atoms with E-state index in [-0.39, 0.29) is 18.9 Å². The molecule has 8 nitrogen and oxygen atoms in total. The highest BCUT2D eigenvalue weighted by atomic mass is 33.1. The van der Waals surface area contributed by atoms with Gasteiger partial charge in [0.1, 0.15) is 0 Å². The summed E-state index contributed by atoms with van der Waals surface area (Å²) in [6.45, 7) is 0.303. The average molecular weight is 430 g/mol. The molecule has 0 unspecified atom stereocenters. The summed E-state index contributed by atoms with van der Waals surface area (Å²) in [6.07, 6.45) is -3.46. The van der Waals surface area contributed by atoms with E-state index in [1.54, 1.807) is 12.1 Å². The van der Waals surface area contributed by atoms with Gasteiger partial charge in [-0.05, 0) is 12.1 Å². The SMILES string of the molecule is O=C(O)C(F)(F)F.O=C(O)CCSSCCNC(=O)c1ccnc(CO)c1. The fraction of sp³-hybridized carbons (Fsp3) is 0.429. The Balaban J connectivity index is 0.000000821. The Hall–Kier alpha value is -1.99. The predicted molar refractivity (Wildman–Crippen MR) is 93.4 cm³/mol. The number of halogens is 3. The Bertz CT molecular complexity index is 631. The first-order valence-electron chi connectivity index (χ1n) is 7.18. The lowest BCUT2D eigenvalue weighted by Crippen LogP contribution is -2.25. The standard InChI is InChI=1S/C12H16N2O4S2.C2HF3O2/c15-8-10-7-9(1-3-13-10)12(18)14-4-6-20-19-5-2-11(16)17;3-2(4,5)1(6)7/h1,3,7,15H,2,4-6,8H2,(H,14,18)(H,16,17);(H,6,7). The van der Waals surface area contributed by atoms with Crippen molar-refractivity contribution in [2.24, 2.45) is 0 Å². The molecule has 0 saturated carbocycles. The number of carboxylic acids is 2. The van der Waals surface area contributed by atoms with Crippen LogP contribution in [0.3, 0.4) is 0 Å². The Labute approximate surface area is 160 Å². The normalized spacial score (nSPS) is 10.5. The smallest absolute Gasteiger partial charge is 0.481 e. The number of hydrogen-bond acceptors (Lipinski definition) is 7. The molecular weight excluding hydrogens is 413 g/mol. The van der Waals surface area contributed by atoms with Crippen molar-refractivity contribution in [2.45, 2.75) is 19.2 Å². The van der Waals surface area contributed by atoms with Crippen LogP contribution in [0, 0.1) is 0 Å². The number of alkyl halides is 3. The fourth-order valence-corrected chi connectivity index (χ4v) is 3.15. The van der Waals surface area contributed by atoms with Crippen molar-refractivity contribution in [1.82, 2.24) is 10.3 Å². The number of amides is 1. The van der Waals surface area contributed by atoms with Crippen LogP contribution in [-0.2, 0) is 16.2 Å². The maximum absolute atomic E-state index is 11.8. The Morgan fingerprint density at radius 1 is 1.15 bits per heavy atom. The number of aromatic nitrogens is 1. The van der Waals surface area contributed by atoms with E-state index in [9.17, 15) is 22.8 Å². The van der Waals surface area contributed by atoms with E-state index in [0.29, 0.717) is 29.3 Å². The zero-order chi connectivity index (χ0) is 20.9. The summed E-state index contributed by atoms with van der Waals surface area (Å²) < 4.78 is 31.7. The van der Waals surface area contributed by atoms with Crippen molar-refractivity contribution in [3.63, 3.8) is 0 Å². The summed E-state index contributed by atoms with van der Waals surface area (Å²) in [7, 11) is 3.00. The van der Waals surface area contributed by atoms with Gasteiger partial charge in [-0.2, -0.15) is 13.2 Å². The van der Waals surface area contributed by atoms with E-state index in [4.69, 9.17) is 20.1 Å². The molecule has 4 N–H and O–H groups in total. The highest BCUT2D eigenvalue weighted by Crippen LogP contribution is 2.21. The second-order valence-electron chi connectivity index (χ2n) is 4.54. The lowest BCUT2D eigenvalue weighted by Gasteiger charge is -2.05. The van der Waals surface area contributed by atoms with Crippen LogP contribution in [0.2, 0.25) is 0 Å². The third-order valence-corrected chi connectivity index (χ3v) is 4.85. The van der Waals surface area contributed by atoms with Crippen LogP contribution in [0.15, 0.2) is 18.3 Å². The lowest BCUT2D eigenvalue weighted by molar-refractivity contribution is -0.192. The molecule has 27 heavy (non-hydrogen) atoms. The van der Waals surface area contributed by atoms with Crippen LogP contribution >= 0.6 is 21.6 Å². The van der Waals surface area contributed by atoms with E-state index in [1.807, 2.05) is 0 Å². The van der Waals surface area contributed by atoms with Crippen LogP contribution in [-0.4, -0.2) is 62.4 Å². The lowest BCUT2D eigenvalue weighted by atomic mass is 10.2. The van der Waals surface area contributed by atoms with Crippen LogP contribution in [0.5, 0.6) is 0 Å². The van der Waals surface area contributed by atoms with Gasteiger partial charge in [0.05, 0.1) is 18.7 Å². The number of aliphatic hydroxyl groups is 1. The van der Waals surface area contributed by atoms with Crippen LogP contribution in [0.25, 0.3) is 0 Å². The number of nitrogens with one attached hydrogen (secondary N) is 1. The van der Waals surface area contributed by atoms with Gasteiger partial charge in [-0.25, -0.2) is 4.79 Å². The van der Waals surface area contributed by atoms with Gasteiger partial charge < -0.3 is 20.6 Å². The van der Waals surface area contributed by atoms with Gasteiger partial charge >= 0.3 is 18.1 Å². The van der Waals surface area contributed by atoms with E-state index >= 15 is 0 Å². The topological polar surface area (TPSA) is 137 Å². The number of pyridine rings is 1. The maximum atomic E-state index is 11.8. The number of nitrogens with zero attached hydrogens (tertiary/aromatic N) is 1. The summed E-state index contributed by atoms with van der Waals surface area (Å²) in [6, 6.07) is 3.13. The van der Waals surface area contributed by atoms with Crippen molar-refractivity contribution in [3.8, 4) is 0 Å². The number of rotatable bonds is 9. The molecule has 0 aliphatic rings. The number of carboxylic acid groups (broad SMARTS) is 2. The number of carbonyl (C=O) groups is 3. The zero-order valence-electron chi connectivity index (χ0n) is 13.7. The molecule has 0 saturated heterocycles. The van der Waals surface area contributed by atoms with E-state index < -0.39 is 18.1 Å². The van der Waals surface area contributed by atoms with E-state index in [1.165, 1.54) is 27.8 Å². The van der Waals surface area contributed by atoms with Gasteiger partial charge in [0.2, 0.25) is 0 Å². The second-order valence-corrected chi connectivity index (χ2v) is 7.24. The first kappa shape index (κ1) is 25.0. The average Bonchev–Trinajstić information content (AvgIpc) is 2.60. The molecule has 152 valence electrons. The van der Waals surface area contributed by atoms with E-state index in [0.717, 1.165) is 0 Å². The molecule has 0 aliphatic heterocycles. The molecule has 0 bridgehead atoms. The quantitative estimate of drug-likeness (QED) is 0.341. The van der Waals surface area contributed by atoms with Crippen molar-refractivity contribution >= 4 is 39.4 Å². The molecule has 1 heterocycles. The molecule has 1 amide bonds. The van der Waals surface area contributed by atoms with Crippen molar-refractivity contribution < 1.29 is 42.9 Å². The molecule has 0 radical (unpaired) electrons. The predicted octanol–water partition coefficient (Wildman–Crippen LogP) is 1.79. The van der Waals surface area contributed by atoms with Gasteiger partial charge in [-0.1, -0.05) is 21.6 Å². The van der Waals surface area contributed by atoms with Crippen LogP contribution in [0.4, 0.5) is 13.2 Å². The molecule has 1 aromatic rings. The Morgan fingerprint density at radius 3 is 2.26 bits per heavy atom. The second kappa shape index (κ2) is 13.2. The third-order valence-electron chi connectivity index (χ3n) is 2.44.